The Morgan fingerprint density at radius 2 is 1.38 bits per heavy atom. The van der Waals surface area contributed by atoms with Gasteiger partial charge in [0.2, 0.25) is 0 Å². The molecule has 0 aliphatic rings. The number of Topliss-reactive ketones (excluding diaryl/α,β-unsaturated/α-hetero) is 1. The lowest BCUT2D eigenvalue weighted by atomic mass is 10.1. The topological polar surface area (TPSA) is 52.1 Å². The van der Waals surface area contributed by atoms with Crippen molar-refractivity contribution < 1.29 is 4.79 Å². The summed E-state index contributed by atoms with van der Waals surface area (Å²) in [6, 6.07) is 0. The lowest BCUT2D eigenvalue weighted by Crippen LogP contribution is -1.89. The van der Waals surface area contributed by atoms with Gasteiger partial charge >= 0.3 is 0 Å². The van der Waals surface area contributed by atoms with Gasteiger partial charge in [0.15, 0.2) is 0 Å². The van der Waals surface area contributed by atoms with E-state index < -0.39 is 0 Å². The number of hydrogen-bond acceptors (Lipinski definition) is 2. The van der Waals surface area contributed by atoms with Gasteiger partial charge in [-0.1, -0.05) is 45.4 Å². The van der Waals surface area contributed by atoms with Crippen LogP contribution in [0.4, 0.5) is 0 Å². The third-order valence-corrected chi connectivity index (χ3v) is 2.13. The van der Waals surface area contributed by atoms with E-state index >= 15 is 0 Å². The molecule has 0 aliphatic heterocycles. The lowest BCUT2D eigenvalue weighted by molar-refractivity contribution is -0.117. The Balaban J connectivity index is 0. The highest BCUT2D eigenvalue weighted by atomic mass is 16.1. The number of hydrogen-bond donors (Lipinski definition) is 1. The van der Waals surface area contributed by atoms with Crippen molar-refractivity contribution in [3.05, 3.63) is 0 Å². The number of rotatable bonds is 8. The molecule has 0 fully saturated rings. The first-order chi connectivity index (χ1) is 5.77. The Labute approximate surface area is 82.7 Å². The molecular formula is C11H25NO. The van der Waals surface area contributed by atoms with Crippen molar-refractivity contribution in [1.82, 2.24) is 6.15 Å². The average molecular weight is 187 g/mol. The first kappa shape index (κ1) is 15.1. The highest BCUT2D eigenvalue weighted by Gasteiger charge is 1.93. The Hall–Kier alpha value is -0.370. The number of carbonyl (C=O) groups is 1. The van der Waals surface area contributed by atoms with Gasteiger partial charge in [0, 0.05) is 6.42 Å². The molecule has 0 bridgehead atoms. The molecule has 13 heavy (non-hydrogen) atoms. The third kappa shape index (κ3) is 14.5. The summed E-state index contributed by atoms with van der Waals surface area (Å²) in [5.74, 6) is 0.337. The molecule has 0 unspecified atom stereocenters. The third-order valence-electron chi connectivity index (χ3n) is 2.13. The summed E-state index contributed by atoms with van der Waals surface area (Å²) in [5, 5.41) is 0. The largest absolute Gasteiger partial charge is 0.344 e. The second-order valence-electron chi connectivity index (χ2n) is 3.57. The van der Waals surface area contributed by atoms with Crippen molar-refractivity contribution in [2.24, 2.45) is 0 Å². The number of carbonyl (C=O) groups excluding carboxylic acids is 1. The zero-order chi connectivity index (χ0) is 9.23. The molecule has 0 saturated carbocycles. The minimum atomic E-state index is 0. The van der Waals surface area contributed by atoms with Crippen molar-refractivity contribution in [3.8, 4) is 0 Å². The predicted octanol–water partition coefficient (Wildman–Crippen LogP) is 3.88. The molecule has 0 amide bonds. The van der Waals surface area contributed by atoms with Crippen LogP contribution >= 0.6 is 0 Å². The van der Waals surface area contributed by atoms with Crippen LogP contribution in [0.2, 0.25) is 0 Å². The fourth-order valence-electron chi connectivity index (χ4n) is 1.33. The molecule has 2 nitrogen and oxygen atoms in total. The van der Waals surface area contributed by atoms with E-state index in [1.807, 2.05) is 0 Å². The second-order valence-corrected chi connectivity index (χ2v) is 3.57. The zero-order valence-corrected chi connectivity index (χ0v) is 9.27. The van der Waals surface area contributed by atoms with Crippen molar-refractivity contribution in [1.29, 1.82) is 0 Å². The summed E-state index contributed by atoms with van der Waals surface area (Å²) in [6.45, 7) is 3.91. The molecule has 0 saturated heterocycles. The molecule has 0 atom stereocenters. The first-order valence-corrected chi connectivity index (χ1v) is 5.26. The Morgan fingerprint density at radius 3 is 1.85 bits per heavy atom. The maximum atomic E-state index is 10.6. The van der Waals surface area contributed by atoms with Crippen molar-refractivity contribution >= 4 is 5.78 Å². The van der Waals surface area contributed by atoms with E-state index in [4.69, 9.17) is 0 Å². The normalized spacial score (nSPS) is 9.38. The van der Waals surface area contributed by atoms with Crippen LogP contribution in [0.15, 0.2) is 0 Å². The molecule has 80 valence electrons. The predicted molar refractivity (Wildman–Crippen MR) is 58.3 cm³/mol. The molecule has 0 aromatic heterocycles. The van der Waals surface area contributed by atoms with Gasteiger partial charge in [-0.15, -0.1) is 0 Å². The van der Waals surface area contributed by atoms with E-state index in [1.165, 1.54) is 38.5 Å². The SMILES string of the molecule is CCCCCCCCCC(C)=O.N. The summed E-state index contributed by atoms with van der Waals surface area (Å²) in [4.78, 5) is 10.6. The minimum Gasteiger partial charge on any atom is -0.344 e. The maximum Gasteiger partial charge on any atom is 0.129 e. The molecular weight excluding hydrogens is 162 g/mol. The van der Waals surface area contributed by atoms with E-state index in [-0.39, 0.29) is 6.15 Å². The van der Waals surface area contributed by atoms with Gasteiger partial charge in [0.1, 0.15) is 5.78 Å². The van der Waals surface area contributed by atoms with Crippen molar-refractivity contribution in [3.63, 3.8) is 0 Å². The van der Waals surface area contributed by atoms with Crippen LogP contribution in [0.1, 0.15) is 65.2 Å². The quantitative estimate of drug-likeness (QED) is 0.586. The zero-order valence-electron chi connectivity index (χ0n) is 9.27. The summed E-state index contributed by atoms with van der Waals surface area (Å²) in [5.41, 5.74) is 0. The molecule has 0 aromatic carbocycles. The van der Waals surface area contributed by atoms with E-state index in [0.717, 1.165) is 12.8 Å². The van der Waals surface area contributed by atoms with Crippen LogP contribution in [-0.2, 0) is 4.79 Å². The molecule has 0 heterocycles. The Morgan fingerprint density at radius 1 is 0.923 bits per heavy atom. The number of ketones is 1. The summed E-state index contributed by atoms with van der Waals surface area (Å²) >= 11 is 0. The second kappa shape index (κ2) is 11.6. The minimum absolute atomic E-state index is 0. The first-order valence-electron chi connectivity index (χ1n) is 5.26. The van der Waals surface area contributed by atoms with Crippen molar-refractivity contribution in [2.45, 2.75) is 65.2 Å². The molecule has 0 spiro atoms. The van der Waals surface area contributed by atoms with Crippen LogP contribution in [0.5, 0.6) is 0 Å². The van der Waals surface area contributed by atoms with Crippen molar-refractivity contribution in [2.75, 3.05) is 0 Å². The fourth-order valence-corrected chi connectivity index (χ4v) is 1.33. The average Bonchev–Trinajstić information content (AvgIpc) is 2.02. The maximum absolute atomic E-state index is 10.6. The van der Waals surface area contributed by atoms with Crippen LogP contribution < -0.4 is 6.15 Å². The van der Waals surface area contributed by atoms with Crippen LogP contribution in [-0.4, -0.2) is 5.78 Å². The van der Waals surface area contributed by atoms with E-state index in [2.05, 4.69) is 6.92 Å². The Kier molecular flexibility index (Phi) is 13.5. The van der Waals surface area contributed by atoms with Crippen LogP contribution in [0, 0.1) is 0 Å². The number of unbranched alkanes of at least 4 members (excludes halogenated alkanes) is 6. The van der Waals surface area contributed by atoms with Crippen LogP contribution in [0.3, 0.4) is 0 Å². The molecule has 0 aromatic rings. The van der Waals surface area contributed by atoms with Gasteiger partial charge in [-0.25, -0.2) is 0 Å². The lowest BCUT2D eigenvalue weighted by Gasteiger charge is -1.98. The monoisotopic (exact) mass is 187 g/mol. The summed E-state index contributed by atoms with van der Waals surface area (Å²) in [7, 11) is 0. The Bertz CT molecular complexity index is 113. The summed E-state index contributed by atoms with van der Waals surface area (Å²) < 4.78 is 0. The molecule has 0 aliphatic carbocycles. The fraction of sp³-hybridized carbons (Fsp3) is 0.909. The van der Waals surface area contributed by atoms with Gasteiger partial charge in [0.05, 0.1) is 0 Å². The molecule has 0 rings (SSSR count). The summed E-state index contributed by atoms with van der Waals surface area (Å²) in [6.07, 6.45) is 9.84. The van der Waals surface area contributed by atoms with E-state index in [0.29, 0.717) is 5.78 Å². The standard InChI is InChI=1S/C11H22O.H3N/c1-3-4-5-6-7-8-9-10-11(2)12;/h3-10H2,1-2H3;1H3. The molecule has 3 N–H and O–H groups in total. The molecule has 0 radical (unpaired) electrons. The highest BCUT2D eigenvalue weighted by molar-refractivity contribution is 5.75. The van der Waals surface area contributed by atoms with Gasteiger partial charge < -0.3 is 10.9 Å². The van der Waals surface area contributed by atoms with E-state index in [1.54, 1.807) is 6.92 Å². The van der Waals surface area contributed by atoms with Gasteiger partial charge in [-0.2, -0.15) is 0 Å². The van der Waals surface area contributed by atoms with Crippen LogP contribution in [0.25, 0.3) is 0 Å². The highest BCUT2D eigenvalue weighted by Crippen LogP contribution is 2.08. The van der Waals surface area contributed by atoms with Gasteiger partial charge in [-0.05, 0) is 13.3 Å². The smallest absolute Gasteiger partial charge is 0.129 e. The van der Waals surface area contributed by atoms with Gasteiger partial charge in [0.25, 0.3) is 0 Å². The molecule has 2 heteroatoms. The van der Waals surface area contributed by atoms with E-state index in [9.17, 15) is 4.79 Å². The van der Waals surface area contributed by atoms with Gasteiger partial charge in [-0.3, -0.25) is 0 Å².